The van der Waals surface area contributed by atoms with E-state index in [1.165, 1.54) is 0 Å². The zero-order chi connectivity index (χ0) is 14.5. The summed E-state index contributed by atoms with van der Waals surface area (Å²) in [5.74, 6) is 0.565. The second-order valence-electron chi connectivity index (χ2n) is 6.21. The molecule has 0 saturated carbocycles. The van der Waals surface area contributed by atoms with Crippen molar-refractivity contribution in [2.75, 3.05) is 53.6 Å². The van der Waals surface area contributed by atoms with Crippen molar-refractivity contribution in [1.82, 2.24) is 9.80 Å². The third-order valence-corrected chi connectivity index (χ3v) is 4.31. The Bertz CT molecular complexity index is 322. The van der Waals surface area contributed by atoms with Gasteiger partial charge in [0.2, 0.25) is 0 Å². The summed E-state index contributed by atoms with van der Waals surface area (Å²) in [6.07, 6.45) is 2.04. The van der Waals surface area contributed by atoms with E-state index in [1.54, 1.807) is 0 Å². The van der Waals surface area contributed by atoms with Gasteiger partial charge in [0.05, 0.1) is 25.7 Å². The molecule has 2 aliphatic rings. The van der Waals surface area contributed by atoms with E-state index in [0.717, 1.165) is 45.7 Å². The lowest BCUT2D eigenvalue weighted by atomic mass is 9.93. The minimum Gasteiger partial charge on any atom is -0.466 e. The van der Waals surface area contributed by atoms with Crippen LogP contribution in [0.5, 0.6) is 0 Å². The van der Waals surface area contributed by atoms with E-state index in [-0.39, 0.29) is 11.9 Å². The molecule has 116 valence electrons. The largest absolute Gasteiger partial charge is 0.466 e. The normalized spacial score (nSPS) is 31.7. The number of nitrogens with zero attached hydrogens (tertiary/aromatic N) is 2. The van der Waals surface area contributed by atoms with Crippen molar-refractivity contribution in [3.05, 3.63) is 0 Å². The summed E-state index contributed by atoms with van der Waals surface area (Å²) in [6, 6.07) is 0.453. The van der Waals surface area contributed by atoms with Gasteiger partial charge in [-0.1, -0.05) is 0 Å². The fraction of sp³-hybridized carbons (Fsp3) is 0.933. The molecule has 2 heterocycles. The van der Waals surface area contributed by atoms with Gasteiger partial charge in [-0.25, -0.2) is 0 Å². The van der Waals surface area contributed by atoms with Crippen LogP contribution in [0.4, 0.5) is 0 Å². The molecule has 0 aromatic rings. The van der Waals surface area contributed by atoms with Crippen LogP contribution in [-0.4, -0.2) is 75.4 Å². The Morgan fingerprint density at radius 1 is 1.40 bits per heavy atom. The lowest BCUT2D eigenvalue weighted by molar-refractivity contribution is -0.150. The molecule has 0 radical (unpaired) electrons. The van der Waals surface area contributed by atoms with E-state index < -0.39 is 0 Å². The Hall–Kier alpha value is -0.650. The number of carbonyl (C=O) groups is 1. The number of carbonyl (C=O) groups excluding carboxylic acids is 1. The van der Waals surface area contributed by atoms with Crippen molar-refractivity contribution < 1.29 is 14.3 Å². The topological polar surface area (TPSA) is 42.0 Å². The van der Waals surface area contributed by atoms with Crippen LogP contribution in [-0.2, 0) is 14.3 Å². The van der Waals surface area contributed by atoms with E-state index in [0.29, 0.717) is 18.6 Å². The highest BCUT2D eigenvalue weighted by atomic mass is 16.5. The number of hydrogen-bond donors (Lipinski definition) is 0. The van der Waals surface area contributed by atoms with Gasteiger partial charge in [-0.15, -0.1) is 0 Å². The number of likely N-dealkylation sites (tertiary alicyclic amines) is 1. The van der Waals surface area contributed by atoms with Gasteiger partial charge in [-0.2, -0.15) is 0 Å². The monoisotopic (exact) mass is 284 g/mol. The van der Waals surface area contributed by atoms with Gasteiger partial charge in [0.25, 0.3) is 0 Å². The van der Waals surface area contributed by atoms with Crippen LogP contribution in [0.15, 0.2) is 0 Å². The first-order valence-electron chi connectivity index (χ1n) is 7.75. The predicted molar refractivity (Wildman–Crippen MR) is 77.6 cm³/mol. The van der Waals surface area contributed by atoms with Crippen LogP contribution in [0.3, 0.4) is 0 Å². The van der Waals surface area contributed by atoms with Crippen LogP contribution in [0.2, 0.25) is 0 Å². The molecule has 5 heteroatoms. The highest BCUT2D eigenvalue weighted by molar-refractivity contribution is 5.72. The predicted octanol–water partition coefficient (Wildman–Crippen LogP) is 0.838. The van der Waals surface area contributed by atoms with Gasteiger partial charge in [-0.3, -0.25) is 9.69 Å². The zero-order valence-corrected chi connectivity index (χ0v) is 13.0. The maximum atomic E-state index is 11.9. The second-order valence-corrected chi connectivity index (χ2v) is 6.21. The number of hydrogen-bond acceptors (Lipinski definition) is 5. The Labute approximate surface area is 122 Å². The van der Waals surface area contributed by atoms with Gasteiger partial charge in [0, 0.05) is 25.0 Å². The quantitative estimate of drug-likeness (QED) is 0.700. The molecule has 0 spiro atoms. The molecule has 20 heavy (non-hydrogen) atoms. The summed E-state index contributed by atoms with van der Waals surface area (Å²) in [4.78, 5) is 16.6. The maximum absolute atomic E-state index is 11.9. The smallest absolute Gasteiger partial charge is 0.310 e. The number of rotatable bonds is 5. The van der Waals surface area contributed by atoms with Gasteiger partial charge < -0.3 is 14.4 Å². The Balaban J connectivity index is 1.92. The van der Waals surface area contributed by atoms with Crippen molar-refractivity contribution in [3.63, 3.8) is 0 Å². The molecule has 5 nitrogen and oxygen atoms in total. The van der Waals surface area contributed by atoms with Crippen LogP contribution in [0.1, 0.15) is 19.8 Å². The summed E-state index contributed by atoms with van der Waals surface area (Å²) < 4.78 is 10.9. The first kappa shape index (κ1) is 15.7. The Morgan fingerprint density at radius 2 is 2.20 bits per heavy atom. The summed E-state index contributed by atoms with van der Waals surface area (Å²) in [6.45, 7) is 6.94. The van der Waals surface area contributed by atoms with Crippen molar-refractivity contribution in [2.45, 2.75) is 25.8 Å². The number of ether oxygens (including phenoxy) is 2. The van der Waals surface area contributed by atoms with Gasteiger partial charge >= 0.3 is 5.97 Å². The SMILES string of the molecule is CCOC(=O)C1CCCN(C2COCC2CN(C)C)C1. The maximum Gasteiger partial charge on any atom is 0.310 e. The highest BCUT2D eigenvalue weighted by Gasteiger charge is 2.37. The average molecular weight is 284 g/mol. The Kier molecular flexibility index (Phi) is 5.81. The molecule has 2 saturated heterocycles. The molecule has 2 rings (SSSR count). The van der Waals surface area contributed by atoms with Crippen molar-refractivity contribution in [3.8, 4) is 0 Å². The second kappa shape index (κ2) is 7.38. The molecular weight excluding hydrogens is 256 g/mol. The first-order chi connectivity index (χ1) is 9.61. The average Bonchev–Trinajstić information content (AvgIpc) is 2.86. The van der Waals surface area contributed by atoms with E-state index in [2.05, 4.69) is 23.9 Å². The molecule has 0 aromatic carbocycles. The lowest BCUT2D eigenvalue weighted by Gasteiger charge is -2.38. The summed E-state index contributed by atoms with van der Waals surface area (Å²) in [5.41, 5.74) is 0. The fourth-order valence-electron chi connectivity index (χ4n) is 3.39. The van der Waals surface area contributed by atoms with Crippen LogP contribution in [0.25, 0.3) is 0 Å². The Morgan fingerprint density at radius 3 is 2.90 bits per heavy atom. The molecule has 0 aliphatic carbocycles. The van der Waals surface area contributed by atoms with Gasteiger partial charge in [0.15, 0.2) is 0 Å². The molecule has 2 fully saturated rings. The van der Waals surface area contributed by atoms with Crippen molar-refractivity contribution in [2.24, 2.45) is 11.8 Å². The molecule has 0 N–H and O–H groups in total. The van der Waals surface area contributed by atoms with Crippen LogP contribution in [0, 0.1) is 11.8 Å². The first-order valence-corrected chi connectivity index (χ1v) is 7.75. The number of piperidine rings is 1. The van der Waals surface area contributed by atoms with Crippen LogP contribution >= 0.6 is 0 Å². The van der Waals surface area contributed by atoms with E-state index in [1.807, 2.05) is 6.92 Å². The van der Waals surface area contributed by atoms with Crippen molar-refractivity contribution >= 4 is 5.97 Å². The minimum absolute atomic E-state index is 0.0275. The summed E-state index contributed by atoms with van der Waals surface area (Å²) in [5, 5.41) is 0. The fourth-order valence-corrected chi connectivity index (χ4v) is 3.39. The van der Waals surface area contributed by atoms with E-state index in [4.69, 9.17) is 9.47 Å². The van der Waals surface area contributed by atoms with E-state index in [9.17, 15) is 4.79 Å². The third-order valence-electron chi connectivity index (χ3n) is 4.31. The molecule has 0 aromatic heterocycles. The molecule has 0 amide bonds. The molecule has 3 unspecified atom stereocenters. The molecule has 2 aliphatic heterocycles. The molecule has 0 bridgehead atoms. The van der Waals surface area contributed by atoms with Gasteiger partial charge in [-0.05, 0) is 40.4 Å². The lowest BCUT2D eigenvalue weighted by Crippen LogP contribution is -2.49. The van der Waals surface area contributed by atoms with Crippen LogP contribution < -0.4 is 0 Å². The molecule has 3 atom stereocenters. The standard InChI is InChI=1S/C15H28N2O3/c1-4-20-15(18)12-6-5-7-17(9-12)14-11-19-10-13(14)8-16(2)3/h12-14H,4-11H2,1-3H3. The third kappa shape index (κ3) is 3.93. The van der Waals surface area contributed by atoms with Crippen molar-refractivity contribution in [1.29, 1.82) is 0 Å². The number of esters is 1. The minimum atomic E-state index is -0.0275. The zero-order valence-electron chi connectivity index (χ0n) is 13.0. The summed E-state index contributed by atoms with van der Waals surface area (Å²) >= 11 is 0. The van der Waals surface area contributed by atoms with Gasteiger partial charge in [0.1, 0.15) is 0 Å². The molecular formula is C15H28N2O3. The van der Waals surface area contributed by atoms with E-state index >= 15 is 0 Å². The highest BCUT2D eigenvalue weighted by Crippen LogP contribution is 2.26. The summed E-state index contributed by atoms with van der Waals surface area (Å²) in [7, 11) is 4.21.